The van der Waals surface area contributed by atoms with E-state index < -0.39 is 19.3 Å². The molecule has 0 fully saturated rings. The number of hydrogen-bond acceptors (Lipinski definition) is 4. The highest BCUT2D eigenvalue weighted by Crippen LogP contribution is 2.40. The molecule has 1 aromatic rings. The molecule has 1 unspecified atom stereocenters. The standard InChI is InChI=1S/C16H32N2O2S2Si/c1-12-11-21-14(18-12)13(10-17-22(19)15(2,3)4)20-23(8,9)16(5,6)7/h11,13,17H,10H2,1-9H3/t13-,22?/m0/s1. The zero-order valence-electron chi connectivity index (χ0n) is 15.9. The van der Waals surface area contributed by atoms with E-state index in [9.17, 15) is 4.21 Å². The number of hydrogen-bond donors (Lipinski definition) is 1. The lowest BCUT2D eigenvalue weighted by Crippen LogP contribution is -2.44. The predicted octanol–water partition coefficient (Wildman–Crippen LogP) is 4.57. The Balaban J connectivity index is 2.94. The largest absolute Gasteiger partial charge is 0.406 e. The molecule has 0 aliphatic rings. The third-order valence-corrected chi connectivity index (χ3v) is 11.2. The van der Waals surface area contributed by atoms with Crippen molar-refractivity contribution in [3.63, 3.8) is 0 Å². The van der Waals surface area contributed by atoms with Crippen LogP contribution < -0.4 is 4.72 Å². The van der Waals surface area contributed by atoms with Gasteiger partial charge in [-0.15, -0.1) is 11.3 Å². The topological polar surface area (TPSA) is 51.2 Å². The molecule has 0 bridgehead atoms. The molecule has 4 nitrogen and oxygen atoms in total. The van der Waals surface area contributed by atoms with Crippen LogP contribution in [0.3, 0.4) is 0 Å². The maximum Gasteiger partial charge on any atom is 0.193 e. The van der Waals surface area contributed by atoms with Crippen LogP contribution in [-0.4, -0.2) is 28.8 Å². The van der Waals surface area contributed by atoms with E-state index in [4.69, 9.17) is 4.43 Å². The lowest BCUT2D eigenvalue weighted by molar-refractivity contribution is 0.187. The Bertz CT molecular complexity index is 545. The Labute approximate surface area is 149 Å². The zero-order chi connectivity index (χ0) is 18.1. The summed E-state index contributed by atoms with van der Waals surface area (Å²) in [6, 6.07) is 0. The smallest absolute Gasteiger partial charge is 0.193 e. The normalized spacial score (nSPS) is 16.4. The fraction of sp³-hybridized carbons (Fsp3) is 0.812. The average molecular weight is 377 g/mol. The van der Waals surface area contributed by atoms with Crippen molar-refractivity contribution >= 4 is 30.6 Å². The minimum absolute atomic E-state index is 0.126. The average Bonchev–Trinajstić information content (AvgIpc) is 2.78. The summed E-state index contributed by atoms with van der Waals surface area (Å²) in [5.41, 5.74) is 1.01. The van der Waals surface area contributed by atoms with Crippen molar-refractivity contribution in [2.24, 2.45) is 0 Å². The number of aryl methyl sites for hydroxylation is 1. The summed E-state index contributed by atoms with van der Waals surface area (Å²) in [7, 11) is -3.04. The summed E-state index contributed by atoms with van der Waals surface area (Å²) in [5.74, 6) is 0. The maximum absolute atomic E-state index is 12.3. The van der Waals surface area contributed by atoms with E-state index in [2.05, 4.69) is 43.6 Å². The third-order valence-electron chi connectivity index (χ3n) is 4.11. The third kappa shape index (κ3) is 6.05. The molecule has 0 amide bonds. The molecule has 7 heteroatoms. The minimum Gasteiger partial charge on any atom is -0.406 e. The molecule has 134 valence electrons. The first-order valence-corrected chi connectivity index (χ1v) is 12.9. The van der Waals surface area contributed by atoms with Gasteiger partial charge in [-0.25, -0.2) is 13.9 Å². The van der Waals surface area contributed by atoms with Crippen LogP contribution in [0.25, 0.3) is 0 Å². The number of rotatable bonds is 6. The highest BCUT2D eigenvalue weighted by atomic mass is 32.2. The number of nitrogens with one attached hydrogen (secondary N) is 1. The van der Waals surface area contributed by atoms with Gasteiger partial charge in [0.2, 0.25) is 0 Å². The molecule has 0 aliphatic heterocycles. The zero-order valence-corrected chi connectivity index (χ0v) is 18.6. The van der Waals surface area contributed by atoms with Crippen LogP contribution in [0.2, 0.25) is 18.1 Å². The van der Waals surface area contributed by atoms with Gasteiger partial charge in [0.05, 0.1) is 15.7 Å². The molecule has 23 heavy (non-hydrogen) atoms. The van der Waals surface area contributed by atoms with E-state index in [0.29, 0.717) is 6.54 Å². The Morgan fingerprint density at radius 3 is 2.26 bits per heavy atom. The van der Waals surface area contributed by atoms with Crippen LogP contribution in [0, 0.1) is 6.92 Å². The highest BCUT2D eigenvalue weighted by Gasteiger charge is 2.40. The molecule has 1 aromatic heterocycles. The van der Waals surface area contributed by atoms with Gasteiger partial charge in [0.15, 0.2) is 8.32 Å². The van der Waals surface area contributed by atoms with E-state index >= 15 is 0 Å². The molecule has 0 saturated carbocycles. The first-order chi connectivity index (χ1) is 10.2. The number of thiazole rings is 1. The van der Waals surface area contributed by atoms with Crippen molar-refractivity contribution < 1.29 is 8.63 Å². The summed E-state index contributed by atoms with van der Waals surface area (Å²) in [6.45, 7) is 19.6. The van der Waals surface area contributed by atoms with Gasteiger partial charge in [0.1, 0.15) is 11.1 Å². The molecule has 1 N–H and O–H groups in total. The van der Waals surface area contributed by atoms with E-state index in [1.54, 1.807) is 11.3 Å². The van der Waals surface area contributed by atoms with Gasteiger partial charge >= 0.3 is 0 Å². The summed E-state index contributed by atoms with van der Waals surface area (Å²) >= 11 is 1.62. The van der Waals surface area contributed by atoms with Gasteiger partial charge in [-0.2, -0.15) is 0 Å². The Kier molecular flexibility index (Phi) is 6.77. The molecule has 2 atom stereocenters. The summed E-state index contributed by atoms with van der Waals surface area (Å²) in [5, 5.41) is 3.13. The molecule has 1 heterocycles. The van der Waals surface area contributed by atoms with Gasteiger partial charge in [0, 0.05) is 17.6 Å². The second-order valence-electron chi connectivity index (χ2n) is 8.42. The SMILES string of the molecule is Cc1csc([C@H](CNS(=O)C(C)(C)C)O[Si](C)(C)C(C)(C)C)n1. The lowest BCUT2D eigenvalue weighted by atomic mass is 10.2. The fourth-order valence-electron chi connectivity index (χ4n) is 1.60. The number of aromatic nitrogens is 1. The van der Waals surface area contributed by atoms with Crippen molar-refractivity contribution in [1.82, 2.24) is 9.71 Å². The van der Waals surface area contributed by atoms with Gasteiger partial charge in [-0.05, 0) is 45.8 Å². The summed E-state index contributed by atoms with van der Waals surface area (Å²) in [6.07, 6.45) is -0.152. The van der Waals surface area contributed by atoms with Gasteiger partial charge < -0.3 is 4.43 Å². The van der Waals surface area contributed by atoms with E-state index in [0.717, 1.165) is 10.7 Å². The van der Waals surface area contributed by atoms with Gasteiger partial charge in [0.25, 0.3) is 0 Å². The van der Waals surface area contributed by atoms with Crippen molar-refractivity contribution in [3.8, 4) is 0 Å². The lowest BCUT2D eigenvalue weighted by Gasteiger charge is -2.39. The van der Waals surface area contributed by atoms with E-state index in [1.165, 1.54) is 0 Å². The van der Waals surface area contributed by atoms with Crippen LogP contribution in [0.5, 0.6) is 0 Å². The van der Waals surface area contributed by atoms with Crippen LogP contribution in [0.15, 0.2) is 5.38 Å². The first-order valence-electron chi connectivity index (χ1n) is 7.99. The minimum atomic E-state index is -1.93. The van der Waals surface area contributed by atoms with Crippen LogP contribution >= 0.6 is 11.3 Å². The van der Waals surface area contributed by atoms with Gasteiger partial charge in [-0.3, -0.25) is 0 Å². The molecular formula is C16H32N2O2S2Si. The van der Waals surface area contributed by atoms with Crippen molar-refractivity contribution in [2.45, 2.75) is 77.4 Å². The Morgan fingerprint density at radius 2 is 1.87 bits per heavy atom. The van der Waals surface area contributed by atoms with Gasteiger partial charge in [-0.1, -0.05) is 20.8 Å². The monoisotopic (exact) mass is 376 g/mol. The predicted molar refractivity (Wildman–Crippen MR) is 104 cm³/mol. The van der Waals surface area contributed by atoms with Crippen LogP contribution in [0.4, 0.5) is 0 Å². The molecule has 0 saturated heterocycles. The van der Waals surface area contributed by atoms with E-state index in [-0.39, 0.29) is 15.9 Å². The Hall–Kier alpha value is -0.0831. The maximum atomic E-state index is 12.3. The Morgan fingerprint density at radius 1 is 1.30 bits per heavy atom. The molecule has 0 aliphatic carbocycles. The fourth-order valence-corrected chi connectivity index (χ4v) is 4.50. The van der Waals surface area contributed by atoms with Crippen molar-refractivity contribution in [2.75, 3.05) is 6.54 Å². The van der Waals surface area contributed by atoms with Crippen molar-refractivity contribution in [1.29, 1.82) is 0 Å². The van der Waals surface area contributed by atoms with Crippen LogP contribution in [0.1, 0.15) is 58.3 Å². The molecule has 1 rings (SSSR count). The summed E-state index contributed by atoms with van der Waals surface area (Å²) < 4.78 is 21.7. The summed E-state index contributed by atoms with van der Waals surface area (Å²) in [4.78, 5) is 4.59. The van der Waals surface area contributed by atoms with Crippen molar-refractivity contribution in [3.05, 3.63) is 16.1 Å². The molecule has 0 spiro atoms. The first kappa shape index (κ1) is 21.0. The molecule has 0 radical (unpaired) electrons. The second kappa shape index (κ2) is 7.43. The molecule has 0 aromatic carbocycles. The molecular weight excluding hydrogens is 344 g/mol. The quantitative estimate of drug-likeness (QED) is 0.740. The number of nitrogens with zero attached hydrogens (tertiary/aromatic N) is 1. The van der Waals surface area contributed by atoms with Crippen LogP contribution in [-0.2, 0) is 15.4 Å². The highest BCUT2D eigenvalue weighted by molar-refractivity contribution is 7.84. The second-order valence-corrected chi connectivity index (χ2v) is 16.1. The van der Waals surface area contributed by atoms with E-state index in [1.807, 2.05) is 33.1 Å².